The first kappa shape index (κ1) is 10.3. The first-order valence-electron chi connectivity index (χ1n) is 4.53. The van der Waals surface area contributed by atoms with Gasteiger partial charge < -0.3 is 4.42 Å². The molecular formula is C8H9N5O3. The molecule has 0 atom stereocenters. The molecule has 0 saturated heterocycles. The van der Waals surface area contributed by atoms with Gasteiger partial charge in [-0.1, -0.05) is 0 Å². The van der Waals surface area contributed by atoms with E-state index < -0.39 is 4.92 Å². The van der Waals surface area contributed by atoms with Crippen LogP contribution in [0.4, 0.5) is 5.69 Å². The SMILES string of the molecule is Cc1nnc(Cn2ncc([N+](=O)[O-])c2C)o1. The van der Waals surface area contributed by atoms with Crippen molar-refractivity contribution in [2.45, 2.75) is 20.4 Å². The average Bonchev–Trinajstić information content (AvgIpc) is 2.76. The highest BCUT2D eigenvalue weighted by atomic mass is 16.6. The van der Waals surface area contributed by atoms with Gasteiger partial charge in [0.25, 0.3) is 0 Å². The lowest BCUT2D eigenvalue weighted by Gasteiger charge is -1.98. The van der Waals surface area contributed by atoms with Crippen LogP contribution in [0.3, 0.4) is 0 Å². The van der Waals surface area contributed by atoms with Crippen LogP contribution in [-0.4, -0.2) is 24.9 Å². The molecule has 0 N–H and O–H groups in total. The molecule has 0 radical (unpaired) electrons. The molecule has 0 unspecified atom stereocenters. The lowest BCUT2D eigenvalue weighted by atomic mass is 10.4. The van der Waals surface area contributed by atoms with E-state index in [0.29, 0.717) is 17.5 Å². The molecule has 2 heterocycles. The van der Waals surface area contributed by atoms with Crippen molar-refractivity contribution in [2.24, 2.45) is 0 Å². The second-order valence-corrected chi connectivity index (χ2v) is 3.24. The Kier molecular flexibility index (Phi) is 2.39. The zero-order chi connectivity index (χ0) is 11.7. The van der Waals surface area contributed by atoms with Crippen molar-refractivity contribution in [3.05, 3.63) is 33.8 Å². The smallest absolute Gasteiger partial charge is 0.309 e. The highest BCUT2D eigenvalue weighted by Crippen LogP contribution is 2.16. The quantitative estimate of drug-likeness (QED) is 0.564. The van der Waals surface area contributed by atoms with E-state index in [1.54, 1.807) is 13.8 Å². The maximum Gasteiger partial charge on any atom is 0.309 e. The van der Waals surface area contributed by atoms with Gasteiger partial charge in [-0.25, -0.2) is 0 Å². The third kappa shape index (κ3) is 1.76. The van der Waals surface area contributed by atoms with Gasteiger partial charge in [-0.2, -0.15) is 5.10 Å². The molecule has 2 aromatic heterocycles. The number of hydrogen-bond donors (Lipinski definition) is 0. The first-order chi connectivity index (χ1) is 7.58. The van der Waals surface area contributed by atoms with Crippen LogP contribution in [0.15, 0.2) is 10.6 Å². The van der Waals surface area contributed by atoms with Crippen LogP contribution in [0, 0.1) is 24.0 Å². The third-order valence-electron chi connectivity index (χ3n) is 2.13. The minimum Gasteiger partial charge on any atom is -0.424 e. The molecule has 8 heteroatoms. The summed E-state index contributed by atoms with van der Waals surface area (Å²) in [5.74, 6) is 0.827. The van der Waals surface area contributed by atoms with Gasteiger partial charge in [0.2, 0.25) is 11.8 Å². The summed E-state index contributed by atoms with van der Waals surface area (Å²) in [4.78, 5) is 10.1. The Labute approximate surface area is 90.0 Å². The van der Waals surface area contributed by atoms with Crippen molar-refractivity contribution in [2.75, 3.05) is 0 Å². The zero-order valence-corrected chi connectivity index (χ0v) is 8.75. The summed E-state index contributed by atoms with van der Waals surface area (Å²) in [6.07, 6.45) is 1.21. The number of rotatable bonds is 3. The van der Waals surface area contributed by atoms with E-state index in [2.05, 4.69) is 15.3 Å². The molecule has 0 saturated carbocycles. The van der Waals surface area contributed by atoms with Crippen molar-refractivity contribution >= 4 is 5.69 Å². The Bertz CT molecular complexity index is 530. The van der Waals surface area contributed by atoms with Crippen LogP contribution >= 0.6 is 0 Å². The Morgan fingerprint density at radius 2 is 2.25 bits per heavy atom. The maximum absolute atomic E-state index is 10.6. The lowest BCUT2D eigenvalue weighted by molar-refractivity contribution is -0.385. The highest BCUT2D eigenvalue weighted by molar-refractivity contribution is 5.31. The van der Waals surface area contributed by atoms with Crippen LogP contribution in [0.1, 0.15) is 17.5 Å². The number of nitro groups is 1. The fourth-order valence-electron chi connectivity index (χ4n) is 1.30. The van der Waals surface area contributed by atoms with Gasteiger partial charge in [-0.05, 0) is 6.92 Å². The monoisotopic (exact) mass is 223 g/mol. The molecule has 16 heavy (non-hydrogen) atoms. The summed E-state index contributed by atoms with van der Waals surface area (Å²) >= 11 is 0. The number of aromatic nitrogens is 4. The van der Waals surface area contributed by atoms with E-state index in [1.807, 2.05) is 0 Å². The molecule has 0 spiro atoms. The lowest BCUT2D eigenvalue weighted by Crippen LogP contribution is -2.04. The zero-order valence-electron chi connectivity index (χ0n) is 8.75. The predicted octanol–water partition coefficient (Wildman–Crippen LogP) is 0.839. The standard InChI is InChI=1S/C8H9N5O3/c1-5-7(13(14)15)3-9-12(5)4-8-11-10-6(2)16-8/h3H,4H2,1-2H3. The molecule has 84 valence electrons. The summed E-state index contributed by atoms with van der Waals surface area (Å²) in [5, 5.41) is 21.9. The summed E-state index contributed by atoms with van der Waals surface area (Å²) in [6, 6.07) is 0. The Balaban J connectivity index is 2.25. The van der Waals surface area contributed by atoms with Crippen molar-refractivity contribution in [3.8, 4) is 0 Å². The second kappa shape index (κ2) is 3.72. The minimum atomic E-state index is -0.474. The number of aryl methyl sites for hydroxylation is 1. The predicted molar refractivity (Wildman–Crippen MR) is 51.8 cm³/mol. The van der Waals surface area contributed by atoms with Gasteiger partial charge in [0.15, 0.2) is 0 Å². The summed E-state index contributed by atoms with van der Waals surface area (Å²) in [6.45, 7) is 3.53. The van der Waals surface area contributed by atoms with Crippen molar-refractivity contribution in [1.29, 1.82) is 0 Å². The first-order valence-corrected chi connectivity index (χ1v) is 4.53. The molecule has 0 bridgehead atoms. The summed E-state index contributed by atoms with van der Waals surface area (Å²) in [7, 11) is 0. The molecule has 0 aliphatic rings. The Morgan fingerprint density at radius 1 is 1.50 bits per heavy atom. The highest BCUT2D eigenvalue weighted by Gasteiger charge is 2.17. The van der Waals surface area contributed by atoms with Crippen molar-refractivity contribution in [1.82, 2.24) is 20.0 Å². The van der Waals surface area contributed by atoms with E-state index in [4.69, 9.17) is 4.42 Å². The van der Waals surface area contributed by atoms with E-state index >= 15 is 0 Å². The molecule has 8 nitrogen and oxygen atoms in total. The van der Waals surface area contributed by atoms with Crippen LogP contribution < -0.4 is 0 Å². The van der Waals surface area contributed by atoms with Crippen LogP contribution in [-0.2, 0) is 6.54 Å². The largest absolute Gasteiger partial charge is 0.424 e. The minimum absolute atomic E-state index is 0.0174. The van der Waals surface area contributed by atoms with Gasteiger partial charge in [0.05, 0.1) is 4.92 Å². The van der Waals surface area contributed by atoms with Gasteiger partial charge in [-0.3, -0.25) is 14.8 Å². The van der Waals surface area contributed by atoms with E-state index in [-0.39, 0.29) is 12.2 Å². The van der Waals surface area contributed by atoms with E-state index in [0.717, 1.165) is 0 Å². The molecule has 2 rings (SSSR count). The number of nitrogens with zero attached hydrogens (tertiary/aromatic N) is 5. The normalized spacial score (nSPS) is 10.6. The maximum atomic E-state index is 10.6. The van der Waals surface area contributed by atoms with Crippen LogP contribution in [0.5, 0.6) is 0 Å². The van der Waals surface area contributed by atoms with Crippen molar-refractivity contribution in [3.63, 3.8) is 0 Å². The van der Waals surface area contributed by atoms with E-state index in [9.17, 15) is 10.1 Å². The van der Waals surface area contributed by atoms with Gasteiger partial charge in [-0.15, -0.1) is 10.2 Å². The molecule has 0 amide bonds. The van der Waals surface area contributed by atoms with Gasteiger partial charge >= 0.3 is 5.69 Å². The fourth-order valence-corrected chi connectivity index (χ4v) is 1.30. The molecular weight excluding hydrogens is 214 g/mol. The topological polar surface area (TPSA) is 99.9 Å². The van der Waals surface area contributed by atoms with Crippen molar-refractivity contribution < 1.29 is 9.34 Å². The van der Waals surface area contributed by atoms with E-state index in [1.165, 1.54) is 10.9 Å². The average molecular weight is 223 g/mol. The number of hydrogen-bond acceptors (Lipinski definition) is 6. The van der Waals surface area contributed by atoms with Gasteiger partial charge in [0.1, 0.15) is 18.4 Å². The van der Waals surface area contributed by atoms with Crippen LogP contribution in [0.25, 0.3) is 0 Å². The van der Waals surface area contributed by atoms with Gasteiger partial charge in [0, 0.05) is 6.92 Å². The molecule has 0 aliphatic heterocycles. The fraction of sp³-hybridized carbons (Fsp3) is 0.375. The molecule has 0 aliphatic carbocycles. The van der Waals surface area contributed by atoms with Crippen LogP contribution in [0.2, 0.25) is 0 Å². The third-order valence-corrected chi connectivity index (χ3v) is 2.13. The molecule has 0 aromatic carbocycles. The second-order valence-electron chi connectivity index (χ2n) is 3.24. The molecule has 2 aromatic rings. The summed E-state index contributed by atoms with van der Waals surface area (Å²) < 4.78 is 6.61. The summed E-state index contributed by atoms with van der Waals surface area (Å²) in [5.41, 5.74) is 0.442. The Hall–Kier alpha value is -2.25. The molecule has 0 fully saturated rings. The Morgan fingerprint density at radius 3 is 2.75 bits per heavy atom.